The Hall–Kier alpha value is -3.43. The van der Waals surface area contributed by atoms with Crippen LogP contribution < -0.4 is 9.64 Å². The zero-order chi connectivity index (χ0) is 21.8. The molecule has 1 aliphatic heterocycles. The summed E-state index contributed by atoms with van der Waals surface area (Å²) in [7, 11) is 0. The fourth-order valence-electron chi connectivity index (χ4n) is 3.67. The Morgan fingerprint density at radius 3 is 2.84 bits per heavy atom. The van der Waals surface area contributed by atoms with Crippen molar-refractivity contribution < 1.29 is 14.1 Å². The number of hydrogen-bond donors (Lipinski definition) is 0. The highest BCUT2D eigenvalue weighted by molar-refractivity contribution is 5.92. The summed E-state index contributed by atoms with van der Waals surface area (Å²) in [6.45, 7) is 9.21. The van der Waals surface area contributed by atoms with Gasteiger partial charge in [0, 0.05) is 50.7 Å². The quantitative estimate of drug-likeness (QED) is 0.541. The average Bonchev–Trinajstić information content (AvgIpc) is 3.52. The molecule has 0 radical (unpaired) electrons. The molecule has 10 heteroatoms. The first-order valence-electron chi connectivity index (χ1n) is 10.5. The van der Waals surface area contributed by atoms with Gasteiger partial charge in [-0.15, -0.1) is 0 Å². The van der Waals surface area contributed by atoms with Crippen LogP contribution >= 0.6 is 0 Å². The third-order valence-corrected chi connectivity index (χ3v) is 5.28. The molecule has 31 heavy (non-hydrogen) atoms. The van der Waals surface area contributed by atoms with Gasteiger partial charge in [-0.1, -0.05) is 5.16 Å². The van der Waals surface area contributed by atoms with Gasteiger partial charge in [0.15, 0.2) is 17.3 Å². The van der Waals surface area contributed by atoms with E-state index >= 15 is 0 Å². The van der Waals surface area contributed by atoms with E-state index in [1.807, 2.05) is 13.1 Å². The van der Waals surface area contributed by atoms with Crippen LogP contribution in [-0.4, -0.2) is 68.0 Å². The van der Waals surface area contributed by atoms with Crippen molar-refractivity contribution in [1.82, 2.24) is 29.8 Å². The fraction of sp³-hybridized carbons (Fsp3) is 0.476. The number of hydrogen-bond acceptors (Lipinski definition) is 8. The van der Waals surface area contributed by atoms with Crippen LogP contribution in [0.2, 0.25) is 0 Å². The molecule has 4 heterocycles. The van der Waals surface area contributed by atoms with Gasteiger partial charge in [0.1, 0.15) is 12.6 Å². The van der Waals surface area contributed by atoms with Crippen LogP contribution in [0.15, 0.2) is 35.4 Å². The monoisotopic (exact) mass is 425 g/mol. The summed E-state index contributed by atoms with van der Waals surface area (Å²) in [6, 6.07) is 1.68. The van der Waals surface area contributed by atoms with Crippen LogP contribution in [0, 0.1) is 6.92 Å². The maximum absolute atomic E-state index is 12.9. The molecule has 0 bridgehead atoms. The molecule has 1 saturated heterocycles. The standard InChI is InChI=1S/C21H27N7O3/c1-4-26(5-2)19-20(23-8-7-22-19)30-16-6-9-27(13-16)21(29)18-10-17(31-25-18)14-28-12-15(3)11-24-28/h7-8,10-12,16H,4-6,9,13-14H2,1-3H3. The molecule has 4 rings (SSSR count). The van der Waals surface area contributed by atoms with Gasteiger partial charge in [-0.2, -0.15) is 5.10 Å². The molecule has 0 spiro atoms. The molecule has 164 valence electrons. The third kappa shape index (κ3) is 4.68. The van der Waals surface area contributed by atoms with Gasteiger partial charge in [0.25, 0.3) is 11.8 Å². The summed E-state index contributed by atoms with van der Waals surface area (Å²) in [4.78, 5) is 25.5. The van der Waals surface area contributed by atoms with Crippen LogP contribution in [0.3, 0.4) is 0 Å². The first-order valence-corrected chi connectivity index (χ1v) is 10.5. The number of rotatable bonds is 8. The van der Waals surface area contributed by atoms with Crippen molar-refractivity contribution in [3.05, 3.63) is 47.9 Å². The molecule has 0 saturated carbocycles. The number of anilines is 1. The lowest BCUT2D eigenvalue weighted by Gasteiger charge is -2.23. The predicted molar refractivity (Wildman–Crippen MR) is 113 cm³/mol. The van der Waals surface area contributed by atoms with E-state index in [2.05, 4.69) is 39.0 Å². The highest BCUT2D eigenvalue weighted by atomic mass is 16.5. The fourth-order valence-corrected chi connectivity index (χ4v) is 3.67. The minimum absolute atomic E-state index is 0.145. The Kier molecular flexibility index (Phi) is 6.15. The molecule has 1 fully saturated rings. The number of aromatic nitrogens is 5. The maximum atomic E-state index is 12.9. The van der Waals surface area contributed by atoms with Crippen molar-refractivity contribution in [2.75, 3.05) is 31.1 Å². The van der Waals surface area contributed by atoms with Crippen LogP contribution in [0.5, 0.6) is 5.88 Å². The number of carbonyl (C=O) groups is 1. The number of carbonyl (C=O) groups excluding carboxylic acids is 1. The van der Waals surface area contributed by atoms with E-state index in [1.54, 1.807) is 34.2 Å². The molecule has 1 atom stereocenters. The number of aryl methyl sites for hydroxylation is 1. The predicted octanol–water partition coefficient (Wildman–Crippen LogP) is 2.16. The van der Waals surface area contributed by atoms with Crippen molar-refractivity contribution in [2.45, 2.75) is 39.8 Å². The molecule has 10 nitrogen and oxygen atoms in total. The van der Waals surface area contributed by atoms with Crippen LogP contribution in [0.1, 0.15) is 42.1 Å². The molecule has 1 amide bonds. The Bertz CT molecular complexity index is 1030. The minimum atomic E-state index is -0.166. The lowest BCUT2D eigenvalue weighted by molar-refractivity contribution is 0.0761. The van der Waals surface area contributed by atoms with Gasteiger partial charge in [0.2, 0.25) is 0 Å². The first-order chi connectivity index (χ1) is 15.1. The van der Waals surface area contributed by atoms with Crippen molar-refractivity contribution >= 4 is 11.7 Å². The molecule has 3 aromatic rings. The van der Waals surface area contributed by atoms with Crippen molar-refractivity contribution in [2.24, 2.45) is 0 Å². The van der Waals surface area contributed by atoms with E-state index in [9.17, 15) is 4.79 Å². The topological polar surface area (TPSA) is 102 Å². The second-order valence-corrected chi connectivity index (χ2v) is 7.53. The lowest BCUT2D eigenvalue weighted by atomic mass is 10.3. The summed E-state index contributed by atoms with van der Waals surface area (Å²) in [6.07, 6.45) is 7.54. The van der Waals surface area contributed by atoms with E-state index in [-0.39, 0.29) is 12.0 Å². The molecular formula is C21H27N7O3. The lowest BCUT2D eigenvalue weighted by Crippen LogP contribution is -2.31. The third-order valence-electron chi connectivity index (χ3n) is 5.28. The Morgan fingerprint density at radius 1 is 1.29 bits per heavy atom. The van der Waals surface area contributed by atoms with Gasteiger partial charge in [-0.05, 0) is 26.3 Å². The second-order valence-electron chi connectivity index (χ2n) is 7.53. The molecule has 0 aromatic carbocycles. The summed E-state index contributed by atoms with van der Waals surface area (Å²) in [5.41, 5.74) is 1.36. The maximum Gasteiger partial charge on any atom is 0.276 e. The average molecular weight is 425 g/mol. The van der Waals surface area contributed by atoms with Crippen LogP contribution in [0.25, 0.3) is 0 Å². The molecule has 0 aliphatic carbocycles. The SMILES string of the molecule is CCN(CC)c1nccnc1OC1CCN(C(=O)c2cc(Cn3cc(C)cn3)on2)C1. The Balaban J connectivity index is 1.38. The van der Waals surface area contributed by atoms with Gasteiger partial charge in [0.05, 0.1) is 12.7 Å². The molecule has 0 N–H and O–H groups in total. The van der Waals surface area contributed by atoms with E-state index in [4.69, 9.17) is 9.26 Å². The largest absolute Gasteiger partial charge is 0.470 e. The zero-order valence-corrected chi connectivity index (χ0v) is 18.1. The number of likely N-dealkylation sites (tertiary alicyclic amines) is 1. The van der Waals surface area contributed by atoms with Crippen molar-refractivity contribution in [3.63, 3.8) is 0 Å². The Morgan fingerprint density at radius 2 is 2.10 bits per heavy atom. The summed E-state index contributed by atoms with van der Waals surface area (Å²) >= 11 is 0. The van der Waals surface area contributed by atoms with Gasteiger partial charge >= 0.3 is 0 Å². The minimum Gasteiger partial charge on any atom is -0.470 e. The Labute approximate surface area is 180 Å². The van der Waals surface area contributed by atoms with E-state index in [0.29, 0.717) is 37.0 Å². The first kappa shape index (κ1) is 20.8. The molecule has 3 aromatic heterocycles. The summed E-state index contributed by atoms with van der Waals surface area (Å²) in [5.74, 6) is 1.65. The highest BCUT2D eigenvalue weighted by Gasteiger charge is 2.31. The highest BCUT2D eigenvalue weighted by Crippen LogP contribution is 2.26. The molecular weight excluding hydrogens is 398 g/mol. The summed E-state index contributed by atoms with van der Waals surface area (Å²) < 4.78 is 13.2. The van der Waals surface area contributed by atoms with Gasteiger partial charge in [-0.25, -0.2) is 9.97 Å². The number of nitrogens with zero attached hydrogens (tertiary/aromatic N) is 7. The second kappa shape index (κ2) is 9.15. The van der Waals surface area contributed by atoms with E-state index in [1.165, 1.54) is 0 Å². The molecule has 1 unspecified atom stereocenters. The normalized spacial score (nSPS) is 16.0. The van der Waals surface area contributed by atoms with Crippen molar-refractivity contribution in [1.29, 1.82) is 0 Å². The number of ether oxygens (including phenoxy) is 1. The summed E-state index contributed by atoms with van der Waals surface area (Å²) in [5, 5.41) is 8.18. The van der Waals surface area contributed by atoms with Crippen LogP contribution in [0.4, 0.5) is 5.82 Å². The van der Waals surface area contributed by atoms with Gasteiger partial charge in [-0.3, -0.25) is 9.48 Å². The molecule has 1 aliphatic rings. The van der Waals surface area contributed by atoms with Crippen LogP contribution in [-0.2, 0) is 6.54 Å². The zero-order valence-electron chi connectivity index (χ0n) is 18.1. The smallest absolute Gasteiger partial charge is 0.276 e. The van der Waals surface area contributed by atoms with Crippen molar-refractivity contribution in [3.8, 4) is 5.88 Å². The van der Waals surface area contributed by atoms with Gasteiger partial charge < -0.3 is 19.1 Å². The van der Waals surface area contributed by atoms with E-state index in [0.717, 1.165) is 30.9 Å². The van der Waals surface area contributed by atoms with E-state index < -0.39 is 0 Å². The number of amides is 1.